The lowest BCUT2D eigenvalue weighted by molar-refractivity contribution is -0.119. The maximum absolute atomic E-state index is 12.5. The van der Waals surface area contributed by atoms with E-state index in [0.717, 1.165) is 4.90 Å². The van der Waals surface area contributed by atoms with Gasteiger partial charge in [-0.25, -0.2) is 0 Å². The third-order valence-electron chi connectivity index (χ3n) is 2.50. The molecule has 0 aliphatic heterocycles. The summed E-state index contributed by atoms with van der Waals surface area (Å²) in [7, 11) is 3.09. The van der Waals surface area contributed by atoms with Crippen LogP contribution in [-0.4, -0.2) is 55.7 Å². The van der Waals surface area contributed by atoms with E-state index >= 15 is 0 Å². The summed E-state index contributed by atoms with van der Waals surface area (Å²) in [5.41, 5.74) is 5.70. The Hall–Kier alpha value is -1.83. The van der Waals surface area contributed by atoms with E-state index in [2.05, 4.69) is 4.98 Å². The molecule has 0 unspecified atom stereocenters. The Balaban J connectivity index is 3.02. The lowest BCUT2D eigenvalue weighted by Gasteiger charge is -2.25. The van der Waals surface area contributed by atoms with Gasteiger partial charge >= 0.3 is 6.18 Å². The Kier molecular flexibility index (Phi) is 5.32. The number of hydrogen-bond acceptors (Lipinski definition) is 4. The zero-order chi connectivity index (χ0) is 15.3. The molecule has 0 aliphatic rings. The topological polar surface area (TPSA) is 62.5 Å². The minimum absolute atomic E-state index is 0.0408. The number of nitrogens with two attached hydrogens (primary N) is 1. The number of aromatic nitrogens is 1. The number of nitrogens with zero attached hydrogens (tertiary/aromatic N) is 3. The molecule has 0 aliphatic carbocycles. The number of hydrogen-bond donors (Lipinski definition) is 1. The molecule has 8 heteroatoms. The first-order valence-corrected chi connectivity index (χ1v) is 5.94. The van der Waals surface area contributed by atoms with E-state index in [1.165, 1.54) is 23.2 Å². The summed E-state index contributed by atoms with van der Waals surface area (Å²) in [5, 5.41) is 0. The van der Waals surface area contributed by atoms with E-state index in [9.17, 15) is 18.0 Å². The number of amides is 1. The molecular formula is C12H17F3N4O. The van der Waals surface area contributed by atoms with Crippen molar-refractivity contribution in [2.24, 2.45) is 5.73 Å². The van der Waals surface area contributed by atoms with Crippen molar-refractivity contribution in [3.8, 4) is 0 Å². The SMILES string of the molecule is CN(C)C(=O)c1cc(N(CCN)CC(F)(F)F)ccn1. The van der Waals surface area contributed by atoms with E-state index in [0.29, 0.717) is 0 Å². The van der Waals surface area contributed by atoms with Crippen molar-refractivity contribution in [2.75, 3.05) is 38.6 Å². The molecule has 1 aromatic rings. The molecule has 112 valence electrons. The second-order valence-electron chi connectivity index (χ2n) is 4.42. The molecule has 0 aromatic carbocycles. The molecule has 0 radical (unpaired) electrons. The van der Waals surface area contributed by atoms with Crippen molar-refractivity contribution in [3.63, 3.8) is 0 Å². The Morgan fingerprint density at radius 1 is 1.40 bits per heavy atom. The van der Waals surface area contributed by atoms with Gasteiger partial charge in [0.2, 0.25) is 0 Å². The van der Waals surface area contributed by atoms with Crippen molar-refractivity contribution in [2.45, 2.75) is 6.18 Å². The number of anilines is 1. The molecule has 20 heavy (non-hydrogen) atoms. The quantitative estimate of drug-likeness (QED) is 0.882. The highest BCUT2D eigenvalue weighted by atomic mass is 19.4. The number of halogens is 3. The van der Waals surface area contributed by atoms with Gasteiger partial charge in [0.05, 0.1) is 0 Å². The maximum Gasteiger partial charge on any atom is 0.405 e. The standard InChI is InChI=1S/C12H17F3N4O/c1-18(2)11(20)10-7-9(3-5-17-10)19(6-4-16)8-12(13,14)15/h3,5,7H,4,6,8,16H2,1-2H3. The Labute approximate surface area is 115 Å². The van der Waals surface area contributed by atoms with Crippen LogP contribution in [0.5, 0.6) is 0 Å². The minimum atomic E-state index is -4.34. The van der Waals surface area contributed by atoms with Gasteiger partial charge in [-0.2, -0.15) is 13.2 Å². The average molecular weight is 290 g/mol. The summed E-state index contributed by atoms with van der Waals surface area (Å²) in [4.78, 5) is 18.0. The molecule has 0 saturated heterocycles. The molecule has 1 aromatic heterocycles. The zero-order valence-electron chi connectivity index (χ0n) is 11.3. The first kappa shape index (κ1) is 16.2. The highest BCUT2D eigenvalue weighted by Gasteiger charge is 2.31. The first-order valence-electron chi connectivity index (χ1n) is 5.94. The lowest BCUT2D eigenvalue weighted by Crippen LogP contribution is -2.37. The fourth-order valence-corrected chi connectivity index (χ4v) is 1.63. The summed E-state index contributed by atoms with van der Waals surface area (Å²) in [5.74, 6) is -0.369. The number of pyridine rings is 1. The van der Waals surface area contributed by atoms with Gasteiger partial charge in [0, 0.05) is 39.1 Å². The smallest absolute Gasteiger partial charge is 0.361 e. The van der Waals surface area contributed by atoms with E-state index in [4.69, 9.17) is 5.73 Å². The molecule has 1 rings (SSSR count). The fourth-order valence-electron chi connectivity index (χ4n) is 1.63. The summed E-state index contributed by atoms with van der Waals surface area (Å²) in [6.07, 6.45) is -3.03. The molecule has 1 heterocycles. The predicted octanol–water partition coefficient (Wildman–Crippen LogP) is 1.11. The van der Waals surface area contributed by atoms with Crippen molar-refractivity contribution in [3.05, 3.63) is 24.0 Å². The van der Waals surface area contributed by atoms with Gasteiger partial charge in [0.25, 0.3) is 5.91 Å². The van der Waals surface area contributed by atoms with Gasteiger partial charge < -0.3 is 15.5 Å². The number of alkyl halides is 3. The largest absolute Gasteiger partial charge is 0.405 e. The second-order valence-corrected chi connectivity index (χ2v) is 4.42. The molecule has 0 bridgehead atoms. The molecule has 1 amide bonds. The van der Waals surface area contributed by atoms with Crippen molar-refractivity contribution in [1.29, 1.82) is 0 Å². The molecule has 5 nitrogen and oxygen atoms in total. The van der Waals surface area contributed by atoms with Crippen LogP contribution in [0.4, 0.5) is 18.9 Å². The Morgan fingerprint density at radius 2 is 2.05 bits per heavy atom. The third-order valence-corrected chi connectivity index (χ3v) is 2.50. The molecule has 0 fully saturated rings. The van der Waals surface area contributed by atoms with Crippen LogP contribution in [0.3, 0.4) is 0 Å². The van der Waals surface area contributed by atoms with Crippen LogP contribution >= 0.6 is 0 Å². The van der Waals surface area contributed by atoms with Crippen molar-refractivity contribution >= 4 is 11.6 Å². The molecule has 0 spiro atoms. The van der Waals surface area contributed by atoms with Crippen LogP contribution < -0.4 is 10.6 Å². The summed E-state index contributed by atoms with van der Waals surface area (Å²) in [6.45, 7) is -1.00. The van der Waals surface area contributed by atoms with Crippen LogP contribution in [0.15, 0.2) is 18.3 Å². The summed E-state index contributed by atoms with van der Waals surface area (Å²) in [6, 6.07) is 2.76. The maximum atomic E-state index is 12.5. The highest BCUT2D eigenvalue weighted by molar-refractivity contribution is 5.92. The van der Waals surface area contributed by atoms with E-state index in [1.54, 1.807) is 14.1 Å². The van der Waals surface area contributed by atoms with Gasteiger partial charge in [-0.05, 0) is 12.1 Å². The molecule has 0 atom stereocenters. The van der Waals surface area contributed by atoms with Gasteiger partial charge in [0.15, 0.2) is 0 Å². The molecule has 2 N–H and O–H groups in total. The summed E-state index contributed by atoms with van der Waals surface area (Å²) < 4.78 is 37.6. The van der Waals surface area contributed by atoms with Gasteiger partial charge in [-0.15, -0.1) is 0 Å². The fraction of sp³-hybridized carbons (Fsp3) is 0.500. The van der Waals surface area contributed by atoms with Gasteiger partial charge in [-0.1, -0.05) is 0 Å². The Bertz CT molecular complexity index is 462. The van der Waals surface area contributed by atoms with Crippen LogP contribution in [-0.2, 0) is 0 Å². The van der Waals surface area contributed by atoms with Crippen LogP contribution in [0, 0.1) is 0 Å². The van der Waals surface area contributed by atoms with Crippen molar-refractivity contribution in [1.82, 2.24) is 9.88 Å². The lowest BCUT2D eigenvalue weighted by atomic mass is 10.2. The number of rotatable bonds is 5. The van der Waals surface area contributed by atoms with Crippen LogP contribution in [0.1, 0.15) is 10.5 Å². The van der Waals surface area contributed by atoms with E-state index < -0.39 is 12.7 Å². The highest BCUT2D eigenvalue weighted by Crippen LogP contribution is 2.22. The number of carbonyl (C=O) groups excluding carboxylic acids is 1. The predicted molar refractivity (Wildman–Crippen MR) is 69.6 cm³/mol. The van der Waals surface area contributed by atoms with E-state index in [-0.39, 0.29) is 30.4 Å². The zero-order valence-corrected chi connectivity index (χ0v) is 11.3. The van der Waals surface area contributed by atoms with Crippen molar-refractivity contribution < 1.29 is 18.0 Å². The Morgan fingerprint density at radius 3 is 2.55 bits per heavy atom. The second kappa shape index (κ2) is 6.56. The average Bonchev–Trinajstić information content (AvgIpc) is 2.36. The number of carbonyl (C=O) groups is 1. The monoisotopic (exact) mass is 290 g/mol. The third kappa shape index (κ3) is 4.69. The molecular weight excluding hydrogens is 273 g/mol. The van der Waals surface area contributed by atoms with Gasteiger partial charge in [0.1, 0.15) is 12.2 Å². The minimum Gasteiger partial charge on any atom is -0.361 e. The summed E-state index contributed by atoms with van der Waals surface area (Å²) >= 11 is 0. The van der Waals surface area contributed by atoms with Crippen LogP contribution in [0.2, 0.25) is 0 Å². The van der Waals surface area contributed by atoms with Crippen LogP contribution in [0.25, 0.3) is 0 Å². The van der Waals surface area contributed by atoms with E-state index in [1.807, 2.05) is 0 Å². The van der Waals surface area contributed by atoms with Gasteiger partial charge in [-0.3, -0.25) is 9.78 Å². The normalized spacial score (nSPS) is 11.3. The first-order chi connectivity index (χ1) is 9.24. The molecule has 0 saturated carbocycles.